The molecule has 3 atom stereocenters. The smallest absolute Gasteiger partial charge is 0.319 e. The van der Waals surface area contributed by atoms with E-state index < -0.39 is 28.3 Å². The molecule has 1 saturated heterocycles. The number of benzene rings is 2. The molecule has 3 rings (SSSR count). The van der Waals surface area contributed by atoms with Crippen molar-refractivity contribution in [1.82, 2.24) is 14.5 Å². The van der Waals surface area contributed by atoms with E-state index in [1.807, 2.05) is 18.2 Å². The van der Waals surface area contributed by atoms with Crippen LogP contribution in [0.5, 0.6) is 0 Å². The monoisotopic (exact) mass is 451 g/mol. The van der Waals surface area contributed by atoms with Crippen LogP contribution in [0.1, 0.15) is 12.5 Å². The average Bonchev–Trinajstić information content (AvgIpc) is 3.02. The van der Waals surface area contributed by atoms with Crippen molar-refractivity contribution in [2.75, 3.05) is 26.4 Å². The first-order chi connectivity index (χ1) is 14.6. The Hall–Kier alpha value is -2.52. The van der Waals surface area contributed by atoms with Gasteiger partial charge in [-0.15, -0.1) is 0 Å². The van der Waals surface area contributed by atoms with Gasteiger partial charge < -0.3 is 9.80 Å². The number of nitrogens with one attached hydrogen (secondary N) is 1. The standard InChI is InChI=1S/C22H27F2N3O3S/c1-4-31(29,30)25-21-19(24)14-27(22(28)26(2)3)20(21)12-15-7-5-8-16(11-15)17-9-6-10-18(23)13-17/h5-11,13,19-21,25H,4,12,14H2,1-3H3/t19-,20-,21-/m0/s1. The van der Waals surface area contributed by atoms with E-state index in [-0.39, 0.29) is 30.6 Å². The minimum atomic E-state index is -3.67. The highest BCUT2D eigenvalue weighted by Crippen LogP contribution is 2.28. The van der Waals surface area contributed by atoms with Crippen molar-refractivity contribution in [3.63, 3.8) is 0 Å². The molecule has 1 aliphatic heterocycles. The van der Waals surface area contributed by atoms with E-state index in [2.05, 4.69) is 4.72 Å². The Balaban J connectivity index is 1.94. The van der Waals surface area contributed by atoms with Crippen molar-refractivity contribution in [3.05, 3.63) is 59.9 Å². The Kier molecular flexibility index (Phi) is 6.96. The van der Waals surface area contributed by atoms with Crippen LogP contribution in [0.3, 0.4) is 0 Å². The summed E-state index contributed by atoms with van der Waals surface area (Å²) >= 11 is 0. The molecule has 1 heterocycles. The molecule has 31 heavy (non-hydrogen) atoms. The van der Waals surface area contributed by atoms with Gasteiger partial charge in [-0.05, 0) is 42.2 Å². The molecular weight excluding hydrogens is 424 g/mol. The fourth-order valence-electron chi connectivity index (χ4n) is 3.82. The second-order valence-electron chi connectivity index (χ2n) is 7.87. The summed E-state index contributed by atoms with van der Waals surface area (Å²) in [5, 5.41) is 0. The highest BCUT2D eigenvalue weighted by molar-refractivity contribution is 7.89. The zero-order chi connectivity index (χ0) is 22.8. The van der Waals surface area contributed by atoms with Crippen molar-refractivity contribution in [2.24, 2.45) is 0 Å². The summed E-state index contributed by atoms with van der Waals surface area (Å²) in [6.45, 7) is 1.28. The molecule has 0 unspecified atom stereocenters. The number of halogens is 2. The van der Waals surface area contributed by atoms with Crippen LogP contribution < -0.4 is 4.72 Å². The van der Waals surface area contributed by atoms with Gasteiger partial charge in [-0.3, -0.25) is 0 Å². The minimum Gasteiger partial charge on any atom is -0.331 e. The number of carbonyl (C=O) groups excluding carboxylic acids is 1. The maximum atomic E-state index is 14.9. The van der Waals surface area contributed by atoms with Crippen LogP contribution in [-0.2, 0) is 16.4 Å². The Morgan fingerprint density at radius 3 is 2.42 bits per heavy atom. The number of urea groups is 1. The van der Waals surface area contributed by atoms with Crippen LogP contribution in [0.2, 0.25) is 0 Å². The lowest BCUT2D eigenvalue weighted by atomic mass is 9.96. The molecule has 1 aliphatic rings. The van der Waals surface area contributed by atoms with Crippen molar-refractivity contribution >= 4 is 16.1 Å². The van der Waals surface area contributed by atoms with E-state index >= 15 is 0 Å². The molecule has 2 aromatic rings. The predicted octanol–water partition coefficient (Wildman–Crippen LogP) is 3.05. The highest BCUT2D eigenvalue weighted by atomic mass is 32.2. The quantitative estimate of drug-likeness (QED) is 0.734. The van der Waals surface area contributed by atoms with Gasteiger partial charge in [0.2, 0.25) is 10.0 Å². The second kappa shape index (κ2) is 9.32. The van der Waals surface area contributed by atoms with Crippen molar-refractivity contribution in [3.8, 4) is 11.1 Å². The molecule has 0 aliphatic carbocycles. The van der Waals surface area contributed by atoms with Crippen molar-refractivity contribution < 1.29 is 22.0 Å². The predicted molar refractivity (Wildman–Crippen MR) is 116 cm³/mol. The van der Waals surface area contributed by atoms with Gasteiger partial charge in [0.05, 0.1) is 24.4 Å². The Morgan fingerprint density at radius 1 is 1.16 bits per heavy atom. The topological polar surface area (TPSA) is 69.7 Å². The SMILES string of the molecule is CCS(=O)(=O)N[C@H]1[C@@H](F)CN(C(=O)N(C)C)[C@H]1Cc1cccc(-c2cccc(F)c2)c1. The van der Waals surface area contributed by atoms with Crippen LogP contribution in [0, 0.1) is 5.82 Å². The summed E-state index contributed by atoms with van der Waals surface area (Å²) in [5.74, 6) is -0.532. The van der Waals surface area contributed by atoms with Crippen LogP contribution in [0.4, 0.5) is 13.6 Å². The summed E-state index contributed by atoms with van der Waals surface area (Å²) in [5.41, 5.74) is 2.27. The Labute approximate surface area is 181 Å². The third-order valence-corrected chi connectivity index (χ3v) is 6.82. The largest absolute Gasteiger partial charge is 0.331 e. The van der Waals surface area contributed by atoms with Gasteiger partial charge in [0, 0.05) is 14.1 Å². The fraction of sp³-hybridized carbons (Fsp3) is 0.409. The number of carbonyl (C=O) groups is 1. The first-order valence-corrected chi connectivity index (χ1v) is 11.7. The molecule has 0 saturated carbocycles. The summed E-state index contributed by atoms with van der Waals surface area (Å²) < 4.78 is 55.3. The van der Waals surface area contributed by atoms with Gasteiger partial charge in [-0.2, -0.15) is 0 Å². The summed E-state index contributed by atoms with van der Waals surface area (Å²) in [7, 11) is -0.529. The van der Waals surface area contributed by atoms with E-state index in [1.54, 1.807) is 32.3 Å². The number of rotatable bonds is 6. The molecule has 0 bridgehead atoms. The van der Waals surface area contributed by atoms with Gasteiger partial charge in [-0.25, -0.2) is 26.7 Å². The normalized spacial score (nSPS) is 21.3. The second-order valence-corrected chi connectivity index (χ2v) is 9.92. The third kappa shape index (κ3) is 5.40. The van der Waals surface area contributed by atoms with Gasteiger partial charge in [-0.1, -0.05) is 36.4 Å². The number of hydrogen-bond acceptors (Lipinski definition) is 3. The molecule has 2 amide bonds. The van der Waals surface area contributed by atoms with Crippen molar-refractivity contribution in [1.29, 1.82) is 0 Å². The maximum absolute atomic E-state index is 14.9. The third-order valence-electron chi connectivity index (χ3n) is 5.43. The van der Waals surface area contributed by atoms with Gasteiger partial charge in [0.25, 0.3) is 0 Å². The number of sulfonamides is 1. The van der Waals surface area contributed by atoms with Gasteiger partial charge in [0.15, 0.2) is 0 Å². The zero-order valence-electron chi connectivity index (χ0n) is 17.8. The molecule has 168 valence electrons. The number of nitrogens with zero attached hydrogens (tertiary/aromatic N) is 2. The number of hydrogen-bond donors (Lipinski definition) is 1. The van der Waals surface area contributed by atoms with Crippen LogP contribution in [0.15, 0.2) is 48.5 Å². The fourth-order valence-corrected chi connectivity index (χ4v) is 4.70. The van der Waals surface area contributed by atoms with Crippen LogP contribution >= 0.6 is 0 Å². The lowest BCUT2D eigenvalue weighted by Crippen LogP contribution is -2.51. The van der Waals surface area contributed by atoms with Crippen LogP contribution in [-0.4, -0.2) is 68.9 Å². The number of alkyl halides is 1. The van der Waals surface area contributed by atoms with E-state index in [0.29, 0.717) is 5.56 Å². The van der Waals surface area contributed by atoms with Crippen LogP contribution in [0.25, 0.3) is 11.1 Å². The maximum Gasteiger partial charge on any atom is 0.319 e. The summed E-state index contributed by atoms with van der Waals surface area (Å²) in [6.07, 6.45) is -1.28. The van der Waals surface area contributed by atoms with E-state index in [4.69, 9.17) is 0 Å². The van der Waals surface area contributed by atoms with Gasteiger partial charge in [0.1, 0.15) is 12.0 Å². The first-order valence-electron chi connectivity index (χ1n) is 10.1. The van der Waals surface area contributed by atoms with Crippen molar-refractivity contribution in [2.45, 2.75) is 31.6 Å². The molecule has 0 aromatic heterocycles. The zero-order valence-corrected chi connectivity index (χ0v) is 18.6. The molecule has 2 aromatic carbocycles. The molecular formula is C22H27F2N3O3S. The number of likely N-dealkylation sites (tertiary alicyclic amines) is 1. The highest BCUT2D eigenvalue weighted by Gasteiger charge is 2.46. The number of amides is 2. The molecule has 6 nitrogen and oxygen atoms in total. The molecule has 0 spiro atoms. The van der Waals surface area contributed by atoms with E-state index in [1.165, 1.54) is 28.9 Å². The van der Waals surface area contributed by atoms with Gasteiger partial charge >= 0.3 is 6.03 Å². The summed E-state index contributed by atoms with van der Waals surface area (Å²) in [4.78, 5) is 15.4. The average molecular weight is 452 g/mol. The lowest BCUT2D eigenvalue weighted by molar-refractivity contribution is 0.162. The molecule has 0 radical (unpaired) electrons. The minimum absolute atomic E-state index is 0.181. The summed E-state index contributed by atoms with van der Waals surface area (Å²) in [6, 6.07) is 11.4. The lowest BCUT2D eigenvalue weighted by Gasteiger charge is -2.30. The first kappa shape index (κ1) is 23.1. The van der Waals surface area contributed by atoms with E-state index in [0.717, 1.165) is 11.1 Å². The molecule has 1 N–H and O–H groups in total. The Bertz CT molecular complexity index is 1050. The molecule has 9 heteroatoms. The van der Waals surface area contributed by atoms with E-state index in [9.17, 15) is 22.0 Å². The Morgan fingerprint density at radius 2 is 1.81 bits per heavy atom. The molecule has 1 fully saturated rings.